The molecule has 2 aliphatic rings. The van der Waals surface area contributed by atoms with Crippen LogP contribution in [-0.4, -0.2) is 33.1 Å². The second-order valence-corrected chi connectivity index (χ2v) is 13.6. The summed E-state index contributed by atoms with van der Waals surface area (Å²) in [7, 11) is -1.86. The zero-order valence-electron chi connectivity index (χ0n) is 16.2. The number of hydrogen-bond acceptors (Lipinski definition) is 4. The minimum Gasteiger partial charge on any atom is -0.489 e. The SMILES string of the molecule is CC(=O)O[C@@H]1C[C@@H]2Oc3ccccc3[C@@H]2[C@H]1CO[Si](C)(C)C(C)(C)C. The molecular weight excluding hydrogens is 332 g/mol. The van der Waals surface area contributed by atoms with Crippen molar-refractivity contribution in [1.82, 2.24) is 0 Å². The van der Waals surface area contributed by atoms with Gasteiger partial charge in [0.15, 0.2) is 8.32 Å². The molecule has 25 heavy (non-hydrogen) atoms. The maximum atomic E-state index is 11.6. The molecule has 4 nitrogen and oxygen atoms in total. The van der Waals surface area contributed by atoms with Crippen LogP contribution in [-0.2, 0) is 14.0 Å². The average Bonchev–Trinajstić information content (AvgIpc) is 2.99. The lowest BCUT2D eigenvalue weighted by Gasteiger charge is -2.38. The van der Waals surface area contributed by atoms with Crippen LogP contribution in [0.2, 0.25) is 18.1 Å². The molecule has 1 aromatic rings. The van der Waals surface area contributed by atoms with Gasteiger partial charge in [-0.15, -0.1) is 0 Å². The average molecular weight is 363 g/mol. The van der Waals surface area contributed by atoms with Crippen LogP contribution in [0.15, 0.2) is 24.3 Å². The van der Waals surface area contributed by atoms with Gasteiger partial charge in [0.1, 0.15) is 18.0 Å². The molecule has 1 aliphatic carbocycles. The van der Waals surface area contributed by atoms with Gasteiger partial charge in [0, 0.05) is 37.4 Å². The summed E-state index contributed by atoms with van der Waals surface area (Å²) in [6.45, 7) is 13.4. The molecule has 0 radical (unpaired) electrons. The van der Waals surface area contributed by atoms with Crippen molar-refractivity contribution in [2.45, 2.75) is 70.4 Å². The van der Waals surface area contributed by atoms with Crippen molar-refractivity contribution < 1.29 is 18.7 Å². The van der Waals surface area contributed by atoms with Crippen molar-refractivity contribution in [3.63, 3.8) is 0 Å². The van der Waals surface area contributed by atoms with Crippen LogP contribution in [0.3, 0.4) is 0 Å². The molecule has 0 N–H and O–H groups in total. The number of hydrogen-bond donors (Lipinski definition) is 0. The highest BCUT2D eigenvalue weighted by molar-refractivity contribution is 6.74. The van der Waals surface area contributed by atoms with Crippen LogP contribution in [0.4, 0.5) is 0 Å². The molecule has 3 rings (SSSR count). The number of esters is 1. The normalized spacial score (nSPS) is 28.2. The van der Waals surface area contributed by atoms with Crippen molar-refractivity contribution in [3.05, 3.63) is 29.8 Å². The predicted octanol–water partition coefficient (Wildman–Crippen LogP) is 4.50. The highest BCUT2D eigenvalue weighted by Crippen LogP contribution is 2.51. The summed E-state index contributed by atoms with van der Waals surface area (Å²) in [6.07, 6.45) is 0.685. The molecule has 0 amide bonds. The molecule has 0 spiro atoms. The highest BCUT2D eigenvalue weighted by Gasteiger charge is 2.52. The first-order valence-corrected chi connectivity index (χ1v) is 12.1. The van der Waals surface area contributed by atoms with Crippen molar-refractivity contribution in [2.75, 3.05) is 6.61 Å². The number of benzene rings is 1. The Hall–Kier alpha value is -1.33. The smallest absolute Gasteiger partial charge is 0.302 e. The van der Waals surface area contributed by atoms with Gasteiger partial charge in [-0.25, -0.2) is 0 Å². The van der Waals surface area contributed by atoms with Crippen molar-refractivity contribution in [3.8, 4) is 5.75 Å². The summed E-state index contributed by atoms with van der Waals surface area (Å²) in [6, 6.07) is 8.22. The lowest BCUT2D eigenvalue weighted by Crippen LogP contribution is -2.43. The van der Waals surface area contributed by atoms with Crippen molar-refractivity contribution in [2.24, 2.45) is 5.92 Å². The van der Waals surface area contributed by atoms with Crippen molar-refractivity contribution in [1.29, 1.82) is 0 Å². The molecule has 1 aliphatic heterocycles. The summed E-state index contributed by atoms with van der Waals surface area (Å²) in [5.41, 5.74) is 1.23. The fourth-order valence-corrected chi connectivity index (χ4v) is 4.76. The molecule has 1 heterocycles. The number of fused-ring (bicyclic) bond motifs is 3. The summed E-state index contributed by atoms with van der Waals surface area (Å²) in [4.78, 5) is 11.6. The van der Waals surface area contributed by atoms with Crippen LogP contribution in [0.25, 0.3) is 0 Å². The Morgan fingerprint density at radius 1 is 1.28 bits per heavy atom. The van der Waals surface area contributed by atoms with Gasteiger partial charge < -0.3 is 13.9 Å². The first-order chi connectivity index (χ1) is 11.6. The lowest BCUT2D eigenvalue weighted by molar-refractivity contribution is -0.148. The molecule has 0 saturated heterocycles. The van der Waals surface area contributed by atoms with E-state index in [1.54, 1.807) is 0 Å². The Bertz CT molecular complexity index is 649. The first kappa shape index (κ1) is 18.5. The zero-order chi connectivity index (χ0) is 18.4. The summed E-state index contributed by atoms with van der Waals surface area (Å²) in [5, 5.41) is 0.159. The molecule has 0 bridgehead atoms. The Morgan fingerprint density at radius 2 is 1.96 bits per heavy atom. The number of rotatable bonds is 4. The maximum Gasteiger partial charge on any atom is 0.302 e. The standard InChI is InChI=1S/C20H30O4Si/c1-13(21)23-17-11-18-19(14-9-7-8-10-16(14)24-18)15(17)12-22-25(5,6)20(2,3)4/h7-10,15,17-19H,11-12H2,1-6H3/t15-,17+,18-,19+/m0/s1. The zero-order valence-corrected chi connectivity index (χ0v) is 17.2. The van der Waals surface area contributed by atoms with Gasteiger partial charge in [0.2, 0.25) is 0 Å². The van der Waals surface area contributed by atoms with E-state index in [0.29, 0.717) is 6.61 Å². The van der Waals surface area contributed by atoms with Gasteiger partial charge in [-0.3, -0.25) is 4.79 Å². The Labute approximate surface area is 152 Å². The second kappa shape index (κ2) is 6.43. The van der Waals surface area contributed by atoms with Gasteiger partial charge in [-0.2, -0.15) is 0 Å². The molecule has 1 saturated carbocycles. The quantitative estimate of drug-likeness (QED) is 0.584. The second-order valence-electron chi connectivity index (χ2n) is 8.84. The fourth-order valence-electron chi connectivity index (χ4n) is 3.72. The molecule has 5 heteroatoms. The first-order valence-electron chi connectivity index (χ1n) is 9.17. The highest BCUT2D eigenvalue weighted by atomic mass is 28.4. The molecular formula is C20H30O4Si. The summed E-state index contributed by atoms with van der Waals surface area (Å²) in [5.74, 6) is 1.13. The van der Waals surface area contributed by atoms with Crippen LogP contribution in [0, 0.1) is 5.92 Å². The lowest BCUT2D eigenvalue weighted by atomic mass is 9.88. The van der Waals surface area contributed by atoms with Gasteiger partial charge in [-0.1, -0.05) is 39.0 Å². The number of carbonyl (C=O) groups is 1. The molecule has 1 fully saturated rings. The van der Waals surface area contributed by atoms with Crippen LogP contribution in [0.5, 0.6) is 5.75 Å². The Kier molecular flexibility index (Phi) is 4.75. The van der Waals surface area contributed by atoms with E-state index >= 15 is 0 Å². The van der Waals surface area contributed by atoms with Crippen LogP contribution < -0.4 is 4.74 Å². The van der Waals surface area contributed by atoms with E-state index in [2.05, 4.69) is 46.0 Å². The maximum absolute atomic E-state index is 11.6. The third-order valence-corrected chi connectivity index (χ3v) is 10.6. The minimum atomic E-state index is -1.86. The van der Waals surface area contributed by atoms with Gasteiger partial charge >= 0.3 is 5.97 Å². The molecule has 4 atom stereocenters. The van der Waals surface area contributed by atoms with E-state index in [9.17, 15) is 4.79 Å². The predicted molar refractivity (Wildman–Crippen MR) is 100 cm³/mol. The molecule has 0 aromatic heterocycles. The van der Waals surface area contributed by atoms with E-state index in [0.717, 1.165) is 12.2 Å². The van der Waals surface area contributed by atoms with E-state index in [1.165, 1.54) is 12.5 Å². The molecule has 1 aromatic carbocycles. The Morgan fingerprint density at radius 3 is 2.60 bits per heavy atom. The summed E-state index contributed by atoms with van der Waals surface area (Å²) >= 11 is 0. The number of carbonyl (C=O) groups excluding carboxylic acids is 1. The third kappa shape index (κ3) is 3.49. The summed E-state index contributed by atoms with van der Waals surface area (Å²) < 4.78 is 18.3. The van der Waals surface area contributed by atoms with E-state index < -0.39 is 8.32 Å². The largest absolute Gasteiger partial charge is 0.489 e. The number of para-hydroxylation sites is 1. The van der Waals surface area contributed by atoms with E-state index in [1.807, 2.05) is 12.1 Å². The minimum absolute atomic E-state index is 0.0785. The Balaban J connectivity index is 1.83. The fraction of sp³-hybridized carbons (Fsp3) is 0.650. The third-order valence-electron chi connectivity index (χ3n) is 6.12. The topological polar surface area (TPSA) is 44.8 Å². The van der Waals surface area contributed by atoms with Gasteiger partial charge in [0.05, 0.1) is 0 Å². The van der Waals surface area contributed by atoms with Crippen LogP contribution >= 0.6 is 0 Å². The van der Waals surface area contributed by atoms with Gasteiger partial charge in [0.25, 0.3) is 0 Å². The van der Waals surface area contributed by atoms with Crippen molar-refractivity contribution >= 4 is 14.3 Å². The van der Waals surface area contributed by atoms with Crippen LogP contribution in [0.1, 0.15) is 45.6 Å². The van der Waals surface area contributed by atoms with Gasteiger partial charge in [-0.05, 0) is 24.2 Å². The van der Waals surface area contributed by atoms with E-state index in [4.69, 9.17) is 13.9 Å². The molecule has 0 unspecified atom stereocenters. The monoisotopic (exact) mass is 362 g/mol. The van der Waals surface area contributed by atoms with E-state index in [-0.39, 0.29) is 35.1 Å². The number of ether oxygens (including phenoxy) is 2. The molecule has 138 valence electrons.